The Kier molecular flexibility index (Phi) is 7.94. The Bertz CT molecular complexity index is 808. The first kappa shape index (κ1) is 26.5. The van der Waals surface area contributed by atoms with Crippen molar-refractivity contribution in [1.82, 2.24) is 5.32 Å². The molecule has 0 saturated carbocycles. The number of benzene rings is 1. The summed E-state index contributed by atoms with van der Waals surface area (Å²) in [5.74, 6) is 0.719. The van der Waals surface area contributed by atoms with Gasteiger partial charge in [0.05, 0.1) is 11.2 Å². The smallest absolute Gasteiger partial charge is 0.444 e. The van der Waals surface area contributed by atoms with E-state index in [1.807, 2.05) is 48.5 Å². The minimum Gasteiger partial charge on any atom is -0.444 e. The summed E-state index contributed by atoms with van der Waals surface area (Å²) >= 11 is 0. The molecule has 1 aliphatic heterocycles. The molecule has 1 fully saturated rings. The summed E-state index contributed by atoms with van der Waals surface area (Å²) in [4.78, 5) is 12.4. The van der Waals surface area contributed by atoms with Gasteiger partial charge in [-0.3, -0.25) is 0 Å². The van der Waals surface area contributed by atoms with Gasteiger partial charge in [-0.05, 0) is 82.5 Å². The first-order valence-corrected chi connectivity index (χ1v) is 11.7. The van der Waals surface area contributed by atoms with Crippen LogP contribution in [0.4, 0.5) is 4.79 Å². The van der Waals surface area contributed by atoms with E-state index >= 15 is 0 Å². The highest BCUT2D eigenvalue weighted by molar-refractivity contribution is 6.56. The predicted molar refractivity (Wildman–Crippen MR) is 133 cm³/mol. The minimum absolute atomic E-state index is 0.274. The third-order valence-corrected chi connectivity index (χ3v) is 6.14. The third kappa shape index (κ3) is 6.38. The number of carbonyl (C=O) groups is 1. The third-order valence-electron chi connectivity index (χ3n) is 6.14. The maximum absolute atomic E-state index is 12.4. The average Bonchev–Trinajstić information content (AvgIpc) is 2.84. The van der Waals surface area contributed by atoms with E-state index in [0.717, 1.165) is 5.47 Å². The van der Waals surface area contributed by atoms with E-state index in [0.29, 0.717) is 11.8 Å². The van der Waals surface area contributed by atoms with Gasteiger partial charge >= 0.3 is 13.2 Å². The molecule has 0 bridgehead atoms. The van der Waals surface area contributed by atoms with E-state index < -0.39 is 30.0 Å². The Morgan fingerprint density at radius 3 is 1.91 bits per heavy atom. The van der Waals surface area contributed by atoms with E-state index in [-0.39, 0.29) is 6.54 Å². The van der Waals surface area contributed by atoms with Gasteiger partial charge in [-0.15, -0.1) is 0 Å². The molecule has 0 spiro atoms. The summed E-state index contributed by atoms with van der Waals surface area (Å²) in [6.45, 7) is 22.8. The molecule has 178 valence electrons. The van der Waals surface area contributed by atoms with E-state index in [1.54, 1.807) is 0 Å². The van der Waals surface area contributed by atoms with Crippen molar-refractivity contribution in [2.45, 2.75) is 105 Å². The molecule has 1 saturated heterocycles. The van der Waals surface area contributed by atoms with Crippen molar-refractivity contribution in [3.8, 4) is 0 Å². The van der Waals surface area contributed by atoms with Crippen molar-refractivity contribution in [3.05, 3.63) is 40.4 Å². The van der Waals surface area contributed by atoms with Crippen molar-refractivity contribution in [2.24, 2.45) is 0 Å². The monoisotopic (exact) mass is 443 g/mol. The Morgan fingerprint density at radius 2 is 1.50 bits per heavy atom. The molecule has 32 heavy (non-hydrogen) atoms. The van der Waals surface area contributed by atoms with E-state index in [1.165, 1.54) is 16.7 Å². The molecule has 2 rings (SSSR count). The number of amides is 1. The maximum Gasteiger partial charge on any atom is 0.492 e. The summed E-state index contributed by atoms with van der Waals surface area (Å²) in [5.41, 5.74) is 3.07. The summed E-state index contributed by atoms with van der Waals surface area (Å²) in [6, 6.07) is 6.46. The van der Waals surface area contributed by atoms with Gasteiger partial charge in [0, 0.05) is 6.54 Å². The molecule has 0 radical (unpaired) electrons. The largest absolute Gasteiger partial charge is 0.492 e. The fourth-order valence-electron chi connectivity index (χ4n) is 3.65. The van der Waals surface area contributed by atoms with Gasteiger partial charge in [0.15, 0.2) is 0 Å². The topological polar surface area (TPSA) is 56.8 Å². The summed E-state index contributed by atoms with van der Waals surface area (Å²) in [6.07, 6.45) is 1.69. The van der Waals surface area contributed by atoms with Crippen molar-refractivity contribution < 1.29 is 18.8 Å². The van der Waals surface area contributed by atoms with Gasteiger partial charge in [-0.1, -0.05) is 52.0 Å². The van der Waals surface area contributed by atoms with Gasteiger partial charge in [0.25, 0.3) is 0 Å². The number of ether oxygens (including phenoxy) is 1. The fourth-order valence-corrected chi connectivity index (χ4v) is 3.65. The normalized spacial score (nSPS) is 18.4. The van der Waals surface area contributed by atoms with E-state index in [2.05, 4.69) is 57.3 Å². The number of rotatable bonds is 6. The zero-order chi connectivity index (χ0) is 24.5. The number of carbonyl (C=O) groups excluding carboxylic acids is 1. The van der Waals surface area contributed by atoms with Crippen molar-refractivity contribution in [3.63, 3.8) is 0 Å². The van der Waals surface area contributed by atoms with Crippen molar-refractivity contribution in [2.75, 3.05) is 6.54 Å². The highest BCUT2D eigenvalue weighted by atomic mass is 16.7. The van der Waals surface area contributed by atoms with Gasteiger partial charge in [-0.2, -0.15) is 0 Å². The lowest BCUT2D eigenvalue weighted by atomic mass is 9.75. The molecule has 1 aliphatic rings. The lowest BCUT2D eigenvalue weighted by Gasteiger charge is -2.32. The quantitative estimate of drug-likeness (QED) is 0.512. The van der Waals surface area contributed by atoms with Crippen LogP contribution in [0.25, 0.3) is 6.08 Å². The second-order valence-corrected chi connectivity index (χ2v) is 11.3. The zero-order valence-corrected chi connectivity index (χ0v) is 21.9. The lowest BCUT2D eigenvalue weighted by Crippen LogP contribution is -2.41. The molecule has 0 aliphatic carbocycles. The van der Waals surface area contributed by atoms with Gasteiger partial charge in [0.1, 0.15) is 5.60 Å². The minimum atomic E-state index is -0.562. The van der Waals surface area contributed by atoms with Crippen LogP contribution in [-0.4, -0.2) is 36.6 Å². The highest BCUT2D eigenvalue weighted by Crippen LogP contribution is 2.39. The number of alkyl carbamates (subject to hydrolysis) is 1. The van der Waals surface area contributed by atoms with Crippen LogP contribution >= 0.6 is 0 Å². The molecule has 1 N–H and O–H groups in total. The fraction of sp³-hybridized carbons (Fsp3) is 0.654. The Hall–Kier alpha value is -1.79. The SMILES string of the molecule is CC(C)c1cccc(C(C)C)c1C=C(CNC(=O)OC(C)(C)C)B1OC(C)(C)C(C)(C)O1. The first-order valence-electron chi connectivity index (χ1n) is 11.7. The summed E-state index contributed by atoms with van der Waals surface area (Å²) < 4.78 is 18.1. The molecular formula is C26H42BNO4. The van der Waals surface area contributed by atoms with E-state index in [9.17, 15) is 4.79 Å². The highest BCUT2D eigenvalue weighted by Gasteiger charge is 2.52. The van der Waals surface area contributed by atoms with Crippen LogP contribution in [0.5, 0.6) is 0 Å². The summed E-state index contributed by atoms with van der Waals surface area (Å²) in [5, 5.41) is 2.90. The van der Waals surface area contributed by atoms with Crippen molar-refractivity contribution >= 4 is 19.3 Å². The van der Waals surface area contributed by atoms with Crippen LogP contribution in [-0.2, 0) is 14.0 Å². The molecule has 1 amide bonds. The van der Waals surface area contributed by atoms with Crippen LogP contribution in [0.15, 0.2) is 23.7 Å². The molecule has 0 unspecified atom stereocenters. The molecule has 1 heterocycles. The second kappa shape index (κ2) is 9.60. The first-order chi connectivity index (χ1) is 14.5. The second-order valence-electron chi connectivity index (χ2n) is 11.3. The Labute approximate surface area is 195 Å². The molecule has 0 aromatic heterocycles. The molecule has 1 aromatic carbocycles. The number of hydrogen-bond donors (Lipinski definition) is 1. The molecule has 1 aromatic rings. The standard InChI is InChI=1S/C26H42BNO4/c1-17(2)20-13-12-14-21(18(3)4)22(20)15-19(16-28-23(29)30-24(5,6)7)27-31-25(8,9)26(10,11)32-27/h12-15,17-18H,16H2,1-11H3,(H,28,29). The number of hydrogen-bond acceptors (Lipinski definition) is 4. The van der Waals surface area contributed by atoms with Crippen LogP contribution in [0, 0.1) is 0 Å². The van der Waals surface area contributed by atoms with Gasteiger partial charge in [0.2, 0.25) is 0 Å². The predicted octanol–water partition coefficient (Wildman–Crippen LogP) is 6.47. The Morgan fingerprint density at radius 1 is 1.03 bits per heavy atom. The maximum atomic E-state index is 12.4. The van der Waals surface area contributed by atoms with Crippen LogP contribution < -0.4 is 5.32 Å². The molecule has 0 atom stereocenters. The van der Waals surface area contributed by atoms with Gasteiger partial charge in [-0.25, -0.2) is 4.79 Å². The molecular weight excluding hydrogens is 401 g/mol. The van der Waals surface area contributed by atoms with E-state index in [4.69, 9.17) is 14.0 Å². The van der Waals surface area contributed by atoms with Crippen LogP contribution in [0.2, 0.25) is 0 Å². The van der Waals surface area contributed by atoms with Gasteiger partial charge < -0.3 is 19.4 Å². The molecule has 5 nitrogen and oxygen atoms in total. The lowest BCUT2D eigenvalue weighted by molar-refractivity contribution is 0.00578. The zero-order valence-electron chi connectivity index (χ0n) is 21.9. The Balaban J connectivity index is 2.50. The summed E-state index contributed by atoms with van der Waals surface area (Å²) in [7, 11) is -0.560. The van der Waals surface area contributed by atoms with Crippen molar-refractivity contribution in [1.29, 1.82) is 0 Å². The average molecular weight is 443 g/mol. The van der Waals surface area contributed by atoms with Crippen LogP contribution in [0.1, 0.15) is 105 Å². The van der Waals surface area contributed by atoms with Crippen LogP contribution in [0.3, 0.4) is 0 Å². The molecule has 6 heteroatoms. The number of nitrogens with one attached hydrogen (secondary N) is 1.